The van der Waals surface area contributed by atoms with Crippen LogP contribution in [0.15, 0.2) is 18.2 Å². The van der Waals surface area contributed by atoms with Crippen LogP contribution < -0.4 is 4.74 Å². The number of ether oxygens (including phenoxy) is 3. The minimum Gasteiger partial charge on any atom is -0.496 e. The SMILES string of the molecule is COC(=O)C(CN(C)C(=O)OC(C)(C)C)c1ccc(F)cc1OC. The highest BCUT2D eigenvalue weighted by Crippen LogP contribution is 2.29. The van der Waals surface area contributed by atoms with Crippen molar-refractivity contribution in [3.8, 4) is 5.75 Å². The lowest BCUT2D eigenvalue weighted by atomic mass is 9.97. The highest BCUT2D eigenvalue weighted by atomic mass is 19.1. The molecule has 1 aromatic rings. The largest absolute Gasteiger partial charge is 0.496 e. The van der Waals surface area contributed by atoms with Crippen LogP contribution in [0.3, 0.4) is 0 Å². The van der Waals surface area contributed by atoms with Crippen LogP contribution in [-0.2, 0) is 14.3 Å². The van der Waals surface area contributed by atoms with Crippen LogP contribution in [0.4, 0.5) is 9.18 Å². The van der Waals surface area contributed by atoms with Gasteiger partial charge in [-0.15, -0.1) is 0 Å². The molecule has 0 saturated heterocycles. The molecule has 0 heterocycles. The number of nitrogens with zero attached hydrogens (tertiary/aromatic N) is 1. The van der Waals surface area contributed by atoms with E-state index in [0.29, 0.717) is 5.56 Å². The molecular formula is C17H24FNO5. The van der Waals surface area contributed by atoms with Gasteiger partial charge in [-0.2, -0.15) is 0 Å². The normalized spacial score (nSPS) is 12.3. The van der Waals surface area contributed by atoms with Crippen molar-refractivity contribution in [3.63, 3.8) is 0 Å². The fourth-order valence-electron chi connectivity index (χ4n) is 2.10. The average Bonchev–Trinajstić information content (AvgIpc) is 2.50. The van der Waals surface area contributed by atoms with Crippen molar-refractivity contribution in [3.05, 3.63) is 29.6 Å². The number of carbonyl (C=O) groups is 2. The summed E-state index contributed by atoms with van der Waals surface area (Å²) in [5.74, 6) is -1.67. The van der Waals surface area contributed by atoms with Gasteiger partial charge in [0.05, 0.1) is 14.2 Å². The van der Waals surface area contributed by atoms with Crippen LogP contribution in [0, 0.1) is 5.82 Å². The van der Waals surface area contributed by atoms with Crippen LogP contribution in [0.25, 0.3) is 0 Å². The van der Waals surface area contributed by atoms with E-state index in [1.54, 1.807) is 20.8 Å². The Balaban J connectivity index is 3.07. The number of hydrogen-bond acceptors (Lipinski definition) is 5. The van der Waals surface area contributed by atoms with Crippen LogP contribution in [-0.4, -0.2) is 50.4 Å². The molecule has 6 nitrogen and oxygen atoms in total. The van der Waals surface area contributed by atoms with E-state index >= 15 is 0 Å². The Labute approximate surface area is 141 Å². The first-order valence-electron chi connectivity index (χ1n) is 7.44. The summed E-state index contributed by atoms with van der Waals surface area (Å²) >= 11 is 0. The summed E-state index contributed by atoms with van der Waals surface area (Å²) in [5.41, 5.74) is -0.221. The summed E-state index contributed by atoms with van der Waals surface area (Å²) in [6.07, 6.45) is -0.572. The van der Waals surface area contributed by atoms with Crippen LogP contribution in [0.2, 0.25) is 0 Å². The maximum Gasteiger partial charge on any atom is 0.410 e. The molecule has 1 unspecified atom stereocenters. The van der Waals surface area contributed by atoms with Gasteiger partial charge < -0.3 is 19.1 Å². The molecule has 1 atom stereocenters. The third-order valence-corrected chi connectivity index (χ3v) is 3.22. The molecule has 0 aliphatic rings. The number of halogens is 1. The molecule has 0 spiro atoms. The number of benzene rings is 1. The minimum absolute atomic E-state index is 0.00355. The highest BCUT2D eigenvalue weighted by molar-refractivity contribution is 5.80. The smallest absolute Gasteiger partial charge is 0.410 e. The van der Waals surface area contributed by atoms with Crippen molar-refractivity contribution in [2.45, 2.75) is 32.3 Å². The van der Waals surface area contributed by atoms with Crippen molar-refractivity contribution < 1.29 is 28.2 Å². The lowest BCUT2D eigenvalue weighted by Gasteiger charge is -2.27. The summed E-state index contributed by atoms with van der Waals surface area (Å²) in [5, 5.41) is 0. The quantitative estimate of drug-likeness (QED) is 0.771. The van der Waals surface area contributed by atoms with Gasteiger partial charge in [-0.25, -0.2) is 9.18 Å². The highest BCUT2D eigenvalue weighted by Gasteiger charge is 2.29. The number of esters is 1. The van der Waals surface area contributed by atoms with Gasteiger partial charge >= 0.3 is 12.1 Å². The van der Waals surface area contributed by atoms with Gasteiger partial charge in [0, 0.05) is 25.2 Å². The summed E-state index contributed by atoms with van der Waals surface area (Å²) in [6.45, 7) is 5.25. The molecule has 0 aliphatic heterocycles. The maximum absolute atomic E-state index is 13.4. The lowest BCUT2D eigenvalue weighted by Crippen LogP contribution is -2.38. The van der Waals surface area contributed by atoms with E-state index in [0.717, 1.165) is 0 Å². The Morgan fingerprint density at radius 3 is 2.38 bits per heavy atom. The lowest BCUT2D eigenvalue weighted by molar-refractivity contribution is -0.142. The average molecular weight is 341 g/mol. The second kappa shape index (κ2) is 7.99. The van der Waals surface area contributed by atoms with E-state index in [1.165, 1.54) is 44.4 Å². The predicted molar refractivity (Wildman–Crippen MR) is 86.6 cm³/mol. The molecular weight excluding hydrogens is 317 g/mol. The molecule has 0 saturated carbocycles. The molecule has 1 aromatic carbocycles. The van der Waals surface area contributed by atoms with Gasteiger partial charge in [0.2, 0.25) is 0 Å². The molecule has 0 bridgehead atoms. The number of rotatable bonds is 5. The van der Waals surface area contributed by atoms with E-state index in [-0.39, 0.29) is 12.3 Å². The Hall–Kier alpha value is -2.31. The van der Waals surface area contributed by atoms with E-state index in [4.69, 9.17) is 14.2 Å². The van der Waals surface area contributed by atoms with Gasteiger partial charge in [0.15, 0.2) is 0 Å². The fraction of sp³-hybridized carbons (Fsp3) is 0.529. The molecule has 1 amide bonds. The zero-order valence-corrected chi connectivity index (χ0v) is 14.9. The maximum atomic E-state index is 13.4. The van der Waals surface area contributed by atoms with Crippen LogP contribution in [0.5, 0.6) is 5.75 Å². The van der Waals surface area contributed by atoms with Gasteiger partial charge in [-0.3, -0.25) is 4.79 Å². The molecule has 7 heteroatoms. The zero-order chi connectivity index (χ0) is 18.5. The van der Waals surface area contributed by atoms with Gasteiger partial charge in [0.25, 0.3) is 0 Å². The van der Waals surface area contributed by atoms with E-state index < -0.39 is 29.4 Å². The predicted octanol–water partition coefficient (Wildman–Crippen LogP) is 2.96. The summed E-state index contributed by atoms with van der Waals surface area (Å²) in [4.78, 5) is 25.5. The first kappa shape index (κ1) is 19.7. The molecule has 0 radical (unpaired) electrons. The second-order valence-corrected chi connectivity index (χ2v) is 6.32. The summed E-state index contributed by atoms with van der Waals surface area (Å²) in [7, 11) is 4.14. The number of amides is 1. The van der Waals surface area contributed by atoms with E-state index in [9.17, 15) is 14.0 Å². The molecule has 0 aromatic heterocycles. The third-order valence-electron chi connectivity index (χ3n) is 3.22. The molecule has 134 valence electrons. The standard InChI is InChI=1S/C17H24FNO5/c1-17(2,3)24-16(21)19(4)10-13(15(20)23-6)12-8-7-11(18)9-14(12)22-5/h7-9,13H,10H2,1-6H3. The number of methoxy groups -OCH3 is 2. The minimum atomic E-state index is -0.830. The van der Waals surface area contributed by atoms with Gasteiger partial charge in [-0.1, -0.05) is 6.07 Å². The van der Waals surface area contributed by atoms with Crippen LogP contribution in [0.1, 0.15) is 32.3 Å². The fourth-order valence-corrected chi connectivity index (χ4v) is 2.10. The van der Waals surface area contributed by atoms with Crippen LogP contribution >= 0.6 is 0 Å². The van der Waals surface area contributed by atoms with Crippen molar-refractivity contribution in [2.24, 2.45) is 0 Å². The molecule has 0 aliphatic carbocycles. The summed E-state index contributed by atoms with van der Waals surface area (Å²) < 4.78 is 28.6. The van der Waals surface area contributed by atoms with Crippen molar-refractivity contribution in [1.82, 2.24) is 4.90 Å². The summed E-state index contributed by atoms with van der Waals surface area (Å²) in [6, 6.07) is 3.85. The third kappa shape index (κ3) is 5.40. The number of likely N-dealkylation sites (N-methyl/N-ethyl adjacent to an activating group) is 1. The van der Waals surface area contributed by atoms with Crippen molar-refractivity contribution in [2.75, 3.05) is 27.8 Å². The second-order valence-electron chi connectivity index (χ2n) is 6.32. The Morgan fingerprint density at radius 1 is 1.25 bits per heavy atom. The monoisotopic (exact) mass is 341 g/mol. The molecule has 1 rings (SSSR count). The van der Waals surface area contributed by atoms with E-state index in [1.807, 2.05) is 0 Å². The molecule has 0 fully saturated rings. The Morgan fingerprint density at radius 2 is 1.88 bits per heavy atom. The molecule has 0 N–H and O–H groups in total. The first-order chi connectivity index (χ1) is 11.1. The van der Waals surface area contributed by atoms with Crippen molar-refractivity contribution >= 4 is 12.1 Å². The topological polar surface area (TPSA) is 65.1 Å². The Bertz CT molecular complexity index is 597. The Kier molecular flexibility index (Phi) is 6.57. The van der Waals surface area contributed by atoms with Gasteiger partial charge in [0.1, 0.15) is 23.1 Å². The number of carbonyl (C=O) groups excluding carboxylic acids is 2. The van der Waals surface area contributed by atoms with Crippen molar-refractivity contribution in [1.29, 1.82) is 0 Å². The van der Waals surface area contributed by atoms with Gasteiger partial charge in [-0.05, 0) is 26.8 Å². The zero-order valence-electron chi connectivity index (χ0n) is 14.9. The number of hydrogen-bond donors (Lipinski definition) is 0. The first-order valence-corrected chi connectivity index (χ1v) is 7.44. The van der Waals surface area contributed by atoms with E-state index in [2.05, 4.69) is 0 Å². The molecule has 24 heavy (non-hydrogen) atoms.